The van der Waals surface area contributed by atoms with Crippen LogP contribution in [0.25, 0.3) is 0 Å². The molecule has 0 fully saturated rings. The van der Waals surface area contributed by atoms with Gasteiger partial charge in [-0.3, -0.25) is 14.1 Å². The maximum atomic E-state index is 11.7. The molecule has 8 heteroatoms. The number of rotatable bonds is 11. The average molecular weight is 324 g/mol. The Kier molecular flexibility index (Phi) is 9.98. The van der Waals surface area contributed by atoms with Crippen molar-refractivity contribution in [2.75, 3.05) is 13.2 Å². The monoisotopic (exact) mass is 324 g/mol. The molecule has 0 aromatic heterocycles. The summed E-state index contributed by atoms with van der Waals surface area (Å²) in [6.07, 6.45) is 3.31. The van der Waals surface area contributed by atoms with E-state index < -0.39 is 33.7 Å². The van der Waals surface area contributed by atoms with Crippen LogP contribution in [0.3, 0.4) is 0 Å². The van der Waals surface area contributed by atoms with Crippen molar-refractivity contribution in [2.45, 2.75) is 57.6 Å². The maximum Gasteiger partial charge on any atom is 0.327 e. The molecule has 21 heavy (non-hydrogen) atoms. The summed E-state index contributed by atoms with van der Waals surface area (Å²) < 4.78 is 40.9. The highest BCUT2D eigenvalue weighted by Gasteiger charge is 2.35. The Morgan fingerprint density at radius 3 is 2.19 bits per heavy atom. The van der Waals surface area contributed by atoms with Gasteiger partial charge in [-0.2, -0.15) is 8.42 Å². The molecule has 0 saturated heterocycles. The van der Waals surface area contributed by atoms with Crippen molar-refractivity contribution in [1.29, 1.82) is 0 Å². The van der Waals surface area contributed by atoms with Gasteiger partial charge in [0.05, 0.1) is 19.6 Å². The second-order valence-electron chi connectivity index (χ2n) is 4.66. The molecule has 124 valence electrons. The smallest absolute Gasteiger partial charge is 0.327 e. The Morgan fingerprint density at radius 2 is 1.67 bits per heavy atom. The van der Waals surface area contributed by atoms with Crippen molar-refractivity contribution in [3.8, 4) is 0 Å². The Bertz CT molecular complexity index is 416. The van der Waals surface area contributed by atoms with Gasteiger partial charge < -0.3 is 9.47 Å². The van der Waals surface area contributed by atoms with E-state index >= 15 is 0 Å². The number of ether oxygens (including phenoxy) is 2. The van der Waals surface area contributed by atoms with E-state index in [-0.39, 0.29) is 13.2 Å². The minimum Gasteiger partial charge on any atom is -0.466 e. The van der Waals surface area contributed by atoms with Gasteiger partial charge in [-0.25, -0.2) is 0 Å². The van der Waals surface area contributed by atoms with Crippen molar-refractivity contribution in [3.05, 3.63) is 0 Å². The van der Waals surface area contributed by atoms with Gasteiger partial charge in [0.25, 0.3) is 10.1 Å². The number of esters is 2. The highest BCUT2D eigenvalue weighted by molar-refractivity contribution is 7.87. The lowest BCUT2D eigenvalue weighted by Gasteiger charge is -2.13. The summed E-state index contributed by atoms with van der Waals surface area (Å²) in [5.74, 6) is -1.98. The van der Waals surface area contributed by atoms with E-state index in [0.717, 1.165) is 19.3 Å². The summed E-state index contributed by atoms with van der Waals surface area (Å²) in [6.45, 7) is 4.00. The molecule has 0 rings (SSSR count). The lowest BCUT2D eigenvalue weighted by molar-refractivity contribution is -0.150. The number of carbonyl (C=O) groups excluding carboxylic acids is 2. The average Bonchev–Trinajstić information content (AvgIpc) is 2.40. The Balaban J connectivity index is 4.41. The first-order valence-electron chi connectivity index (χ1n) is 7.11. The molecule has 0 aliphatic rings. The van der Waals surface area contributed by atoms with Crippen LogP contribution in [-0.4, -0.2) is 43.4 Å². The van der Waals surface area contributed by atoms with Crippen LogP contribution < -0.4 is 0 Å². The molecule has 7 nitrogen and oxygen atoms in total. The fraction of sp³-hybridized carbons (Fsp3) is 0.846. The minimum absolute atomic E-state index is 0.0643. The van der Waals surface area contributed by atoms with Gasteiger partial charge in [-0.15, -0.1) is 0 Å². The van der Waals surface area contributed by atoms with Crippen molar-refractivity contribution in [2.24, 2.45) is 0 Å². The summed E-state index contributed by atoms with van der Waals surface area (Å²) in [7, 11) is -4.71. The lowest BCUT2D eigenvalue weighted by Crippen LogP contribution is -2.34. The van der Waals surface area contributed by atoms with Gasteiger partial charge in [0.1, 0.15) is 0 Å². The molecular formula is C13H24O7S. The summed E-state index contributed by atoms with van der Waals surface area (Å²) >= 11 is 0. The predicted molar refractivity (Wildman–Crippen MR) is 76.3 cm³/mol. The van der Waals surface area contributed by atoms with Crippen LogP contribution in [0.1, 0.15) is 52.4 Å². The van der Waals surface area contributed by atoms with Crippen molar-refractivity contribution >= 4 is 22.1 Å². The van der Waals surface area contributed by atoms with Gasteiger partial charge >= 0.3 is 11.9 Å². The van der Waals surface area contributed by atoms with E-state index in [4.69, 9.17) is 14.0 Å². The molecule has 0 amide bonds. The summed E-state index contributed by atoms with van der Waals surface area (Å²) in [6, 6.07) is 0. The first-order valence-corrected chi connectivity index (χ1v) is 8.61. The van der Waals surface area contributed by atoms with E-state index in [0.29, 0.717) is 12.8 Å². The third-order valence-electron chi connectivity index (χ3n) is 2.68. The molecule has 0 bridgehead atoms. The van der Waals surface area contributed by atoms with Gasteiger partial charge in [0.2, 0.25) is 0 Å². The lowest BCUT2D eigenvalue weighted by atomic mass is 10.2. The second kappa shape index (κ2) is 10.6. The van der Waals surface area contributed by atoms with Gasteiger partial charge in [0, 0.05) is 0 Å². The van der Waals surface area contributed by atoms with Gasteiger partial charge in [-0.1, -0.05) is 33.1 Å². The quantitative estimate of drug-likeness (QED) is 0.350. The first kappa shape index (κ1) is 19.9. The Morgan fingerprint density at radius 1 is 1.00 bits per heavy atom. The zero-order valence-electron chi connectivity index (χ0n) is 12.5. The van der Waals surface area contributed by atoms with Crippen LogP contribution in [0.4, 0.5) is 0 Å². The maximum absolute atomic E-state index is 11.7. The van der Waals surface area contributed by atoms with E-state index in [9.17, 15) is 18.0 Å². The van der Waals surface area contributed by atoms with Crippen LogP contribution in [0.15, 0.2) is 0 Å². The molecule has 1 N–H and O–H groups in total. The topological polar surface area (TPSA) is 107 Å². The molecule has 1 unspecified atom stereocenters. The molecule has 0 aromatic carbocycles. The third-order valence-corrected chi connectivity index (χ3v) is 3.76. The molecule has 0 heterocycles. The van der Waals surface area contributed by atoms with E-state index in [1.165, 1.54) is 0 Å². The minimum atomic E-state index is -4.71. The molecule has 0 radical (unpaired) electrons. The molecular weight excluding hydrogens is 300 g/mol. The van der Waals surface area contributed by atoms with Crippen LogP contribution in [0.5, 0.6) is 0 Å². The number of hydrogen-bond donors (Lipinski definition) is 1. The summed E-state index contributed by atoms with van der Waals surface area (Å²) in [5, 5.41) is -1.92. The van der Waals surface area contributed by atoms with Crippen LogP contribution in [0.2, 0.25) is 0 Å². The van der Waals surface area contributed by atoms with Crippen LogP contribution in [-0.2, 0) is 29.2 Å². The fourth-order valence-corrected chi connectivity index (χ4v) is 2.19. The summed E-state index contributed by atoms with van der Waals surface area (Å²) in [5.41, 5.74) is 0. The zero-order chi connectivity index (χ0) is 16.3. The molecule has 0 spiro atoms. The van der Waals surface area contributed by atoms with Crippen LogP contribution in [0, 0.1) is 0 Å². The molecule has 0 aromatic rings. The largest absolute Gasteiger partial charge is 0.466 e. The van der Waals surface area contributed by atoms with Gasteiger partial charge in [0.15, 0.2) is 5.25 Å². The van der Waals surface area contributed by atoms with Gasteiger partial charge in [-0.05, 0) is 12.8 Å². The molecule has 0 aliphatic heterocycles. The molecule has 0 saturated carbocycles. The van der Waals surface area contributed by atoms with E-state index in [2.05, 4.69) is 0 Å². The predicted octanol–water partition coefficient (Wildman–Crippen LogP) is 1.71. The van der Waals surface area contributed by atoms with Crippen molar-refractivity contribution in [1.82, 2.24) is 0 Å². The van der Waals surface area contributed by atoms with E-state index in [1.54, 1.807) is 6.92 Å². The SMILES string of the molecule is CCCCCCOC(=O)C(CC(=O)OCCC)S(=O)(=O)O. The van der Waals surface area contributed by atoms with Crippen LogP contribution >= 0.6 is 0 Å². The zero-order valence-corrected chi connectivity index (χ0v) is 13.4. The molecule has 0 aliphatic carbocycles. The van der Waals surface area contributed by atoms with Crippen molar-refractivity contribution in [3.63, 3.8) is 0 Å². The molecule has 1 atom stereocenters. The summed E-state index contributed by atoms with van der Waals surface area (Å²) in [4.78, 5) is 23.0. The fourth-order valence-electron chi connectivity index (χ4n) is 1.53. The highest BCUT2D eigenvalue weighted by Crippen LogP contribution is 2.10. The number of carbonyl (C=O) groups is 2. The Hall–Kier alpha value is -1.15. The first-order chi connectivity index (χ1) is 9.82. The second-order valence-corrected chi connectivity index (χ2v) is 6.26. The van der Waals surface area contributed by atoms with Crippen molar-refractivity contribution < 1.29 is 32.0 Å². The Labute approximate surface area is 125 Å². The number of hydrogen-bond acceptors (Lipinski definition) is 6. The number of unbranched alkanes of at least 4 members (excludes halogenated alkanes) is 3. The highest BCUT2D eigenvalue weighted by atomic mass is 32.2. The van der Waals surface area contributed by atoms with E-state index in [1.807, 2.05) is 6.92 Å². The normalized spacial score (nSPS) is 12.7. The standard InChI is InChI=1S/C13H24O7S/c1-3-5-6-7-9-20-13(15)11(21(16,17)18)10-12(14)19-8-4-2/h11H,3-10H2,1-2H3,(H,16,17,18). The third kappa shape index (κ3) is 9.41.